The van der Waals surface area contributed by atoms with Crippen LogP contribution in [0, 0.1) is 35.7 Å². The zero-order chi connectivity index (χ0) is 14.0. The van der Waals surface area contributed by atoms with Gasteiger partial charge in [-0.1, -0.05) is 0 Å². The van der Waals surface area contributed by atoms with E-state index in [2.05, 4.69) is 10.3 Å². The lowest BCUT2D eigenvalue weighted by Crippen LogP contribution is -2.03. The molecule has 0 atom stereocenters. The Hall–Kier alpha value is -2.55. The minimum Gasteiger partial charge on any atom is -0.334 e. The zero-order valence-corrected chi connectivity index (χ0v) is 9.84. The van der Waals surface area contributed by atoms with Gasteiger partial charge in [0.05, 0.1) is 5.56 Å². The molecule has 2 aromatic rings. The number of rotatable bonds is 2. The Labute approximate surface area is 107 Å². The second-order valence-corrected chi connectivity index (χ2v) is 3.83. The van der Waals surface area contributed by atoms with Crippen molar-refractivity contribution in [3.05, 3.63) is 53.0 Å². The van der Waals surface area contributed by atoms with Crippen LogP contribution >= 0.6 is 0 Å². The number of nitriles is 1. The van der Waals surface area contributed by atoms with Gasteiger partial charge in [0.25, 0.3) is 0 Å². The number of pyridine rings is 1. The van der Waals surface area contributed by atoms with Crippen molar-refractivity contribution in [1.29, 1.82) is 5.26 Å². The van der Waals surface area contributed by atoms with E-state index in [1.54, 1.807) is 13.0 Å². The number of hydrogen-bond acceptors (Lipinski definition) is 3. The Morgan fingerprint density at radius 2 is 1.79 bits per heavy atom. The van der Waals surface area contributed by atoms with Gasteiger partial charge >= 0.3 is 0 Å². The molecule has 6 heteroatoms. The van der Waals surface area contributed by atoms with Crippen molar-refractivity contribution in [3.8, 4) is 6.07 Å². The molecular formula is C13H8F3N3. The van der Waals surface area contributed by atoms with Crippen LogP contribution in [0.4, 0.5) is 24.7 Å². The molecule has 0 aliphatic carbocycles. The molecule has 2 rings (SSSR count). The van der Waals surface area contributed by atoms with Crippen LogP contribution in [0.1, 0.15) is 11.3 Å². The summed E-state index contributed by atoms with van der Waals surface area (Å²) in [7, 11) is 0. The number of aryl methyl sites for hydroxylation is 1. The molecule has 19 heavy (non-hydrogen) atoms. The van der Waals surface area contributed by atoms with Crippen LogP contribution in [0.5, 0.6) is 0 Å². The Morgan fingerprint density at radius 1 is 1.16 bits per heavy atom. The summed E-state index contributed by atoms with van der Waals surface area (Å²) in [6.07, 6.45) is 0. The minimum absolute atomic E-state index is 0.0203. The van der Waals surface area contributed by atoms with Gasteiger partial charge in [0.2, 0.25) is 0 Å². The van der Waals surface area contributed by atoms with Gasteiger partial charge in [-0.05, 0) is 19.1 Å². The monoisotopic (exact) mass is 263 g/mol. The standard InChI is InChI=1S/C13H8F3N3/c1-7-2-3-8(6-17)13(18-7)19-12-10(15)4-9(14)5-11(12)16/h2-5H,1H3,(H,18,19). The van der Waals surface area contributed by atoms with E-state index in [-0.39, 0.29) is 11.4 Å². The molecule has 0 bridgehead atoms. The number of anilines is 2. The van der Waals surface area contributed by atoms with E-state index < -0.39 is 23.1 Å². The summed E-state index contributed by atoms with van der Waals surface area (Å²) in [5.74, 6) is -3.18. The SMILES string of the molecule is Cc1ccc(C#N)c(Nc2c(F)cc(F)cc2F)n1. The molecule has 96 valence electrons. The highest BCUT2D eigenvalue weighted by Gasteiger charge is 2.14. The van der Waals surface area contributed by atoms with E-state index in [1.165, 1.54) is 6.07 Å². The van der Waals surface area contributed by atoms with Gasteiger partial charge in [0.1, 0.15) is 23.4 Å². The van der Waals surface area contributed by atoms with Crippen molar-refractivity contribution in [2.45, 2.75) is 6.92 Å². The highest BCUT2D eigenvalue weighted by atomic mass is 19.1. The summed E-state index contributed by atoms with van der Waals surface area (Å²) in [4.78, 5) is 3.98. The van der Waals surface area contributed by atoms with Crippen molar-refractivity contribution in [3.63, 3.8) is 0 Å². The minimum atomic E-state index is -1.09. The van der Waals surface area contributed by atoms with Gasteiger partial charge in [0, 0.05) is 17.8 Å². The van der Waals surface area contributed by atoms with Crippen molar-refractivity contribution < 1.29 is 13.2 Å². The van der Waals surface area contributed by atoms with Crippen molar-refractivity contribution in [2.24, 2.45) is 0 Å². The van der Waals surface area contributed by atoms with E-state index in [0.29, 0.717) is 17.8 Å². The van der Waals surface area contributed by atoms with Crippen molar-refractivity contribution in [1.82, 2.24) is 4.98 Å². The molecule has 1 aromatic heterocycles. The second-order valence-electron chi connectivity index (χ2n) is 3.83. The number of hydrogen-bond donors (Lipinski definition) is 1. The molecule has 0 spiro atoms. The first-order valence-electron chi connectivity index (χ1n) is 5.30. The van der Waals surface area contributed by atoms with Gasteiger partial charge in [-0.2, -0.15) is 5.26 Å². The summed E-state index contributed by atoms with van der Waals surface area (Å²) in [5.41, 5.74) is 0.161. The van der Waals surface area contributed by atoms with Crippen molar-refractivity contribution in [2.75, 3.05) is 5.32 Å². The lowest BCUT2D eigenvalue weighted by atomic mass is 10.2. The lowest BCUT2D eigenvalue weighted by Gasteiger charge is -2.10. The highest BCUT2D eigenvalue weighted by Crippen LogP contribution is 2.25. The van der Waals surface area contributed by atoms with Crippen LogP contribution in [0.25, 0.3) is 0 Å². The molecule has 0 aliphatic heterocycles. The third-order valence-electron chi connectivity index (χ3n) is 2.41. The Kier molecular flexibility index (Phi) is 3.38. The average molecular weight is 263 g/mol. The van der Waals surface area contributed by atoms with Crippen LogP contribution in [-0.4, -0.2) is 4.98 Å². The van der Waals surface area contributed by atoms with Crippen LogP contribution in [0.3, 0.4) is 0 Å². The van der Waals surface area contributed by atoms with E-state index in [1.807, 2.05) is 6.07 Å². The van der Waals surface area contributed by atoms with Crippen LogP contribution in [0.15, 0.2) is 24.3 Å². The number of benzene rings is 1. The summed E-state index contributed by atoms with van der Waals surface area (Å²) in [6, 6.07) is 6.02. The summed E-state index contributed by atoms with van der Waals surface area (Å²) in [6.45, 7) is 1.67. The zero-order valence-electron chi connectivity index (χ0n) is 9.84. The fourth-order valence-electron chi connectivity index (χ4n) is 1.52. The van der Waals surface area contributed by atoms with Crippen LogP contribution in [0.2, 0.25) is 0 Å². The summed E-state index contributed by atoms with van der Waals surface area (Å²) in [5, 5.41) is 11.3. The van der Waals surface area contributed by atoms with E-state index >= 15 is 0 Å². The normalized spacial score (nSPS) is 10.1. The van der Waals surface area contributed by atoms with Gasteiger partial charge < -0.3 is 5.32 Å². The molecule has 1 N–H and O–H groups in total. The molecule has 1 aromatic carbocycles. The van der Waals surface area contributed by atoms with Gasteiger partial charge in [-0.25, -0.2) is 18.2 Å². The molecular weight excluding hydrogens is 255 g/mol. The Bertz CT molecular complexity index is 654. The van der Waals surface area contributed by atoms with E-state index in [9.17, 15) is 13.2 Å². The van der Waals surface area contributed by atoms with Crippen LogP contribution < -0.4 is 5.32 Å². The smallest absolute Gasteiger partial charge is 0.152 e. The molecule has 0 radical (unpaired) electrons. The van der Waals surface area contributed by atoms with E-state index in [0.717, 1.165) is 0 Å². The fraction of sp³-hybridized carbons (Fsp3) is 0.0769. The fourth-order valence-corrected chi connectivity index (χ4v) is 1.52. The molecule has 1 heterocycles. The molecule has 0 aliphatic rings. The molecule has 0 fully saturated rings. The Morgan fingerprint density at radius 3 is 2.37 bits per heavy atom. The van der Waals surface area contributed by atoms with Crippen LogP contribution in [-0.2, 0) is 0 Å². The first kappa shape index (κ1) is 12.9. The number of nitrogens with zero attached hydrogens (tertiary/aromatic N) is 2. The molecule has 0 amide bonds. The molecule has 0 unspecified atom stereocenters. The highest BCUT2D eigenvalue weighted by molar-refractivity contribution is 5.63. The quantitative estimate of drug-likeness (QED) is 0.903. The molecule has 3 nitrogen and oxygen atoms in total. The van der Waals surface area contributed by atoms with E-state index in [4.69, 9.17) is 5.26 Å². The summed E-state index contributed by atoms with van der Waals surface area (Å²) >= 11 is 0. The maximum atomic E-state index is 13.5. The first-order valence-corrected chi connectivity index (χ1v) is 5.30. The topological polar surface area (TPSA) is 48.7 Å². The first-order chi connectivity index (χ1) is 9.01. The van der Waals surface area contributed by atoms with Gasteiger partial charge in [-0.3, -0.25) is 0 Å². The van der Waals surface area contributed by atoms with Gasteiger partial charge in [0.15, 0.2) is 11.6 Å². The number of halogens is 3. The third-order valence-corrected chi connectivity index (χ3v) is 2.41. The van der Waals surface area contributed by atoms with Gasteiger partial charge in [-0.15, -0.1) is 0 Å². The average Bonchev–Trinajstić information content (AvgIpc) is 2.34. The lowest BCUT2D eigenvalue weighted by molar-refractivity contribution is 0.548. The number of aromatic nitrogens is 1. The predicted molar refractivity (Wildman–Crippen MR) is 63.3 cm³/mol. The third kappa shape index (κ3) is 2.65. The summed E-state index contributed by atoms with van der Waals surface area (Å²) < 4.78 is 39.7. The predicted octanol–water partition coefficient (Wildman–Crippen LogP) is 3.42. The maximum Gasteiger partial charge on any atom is 0.152 e. The number of nitrogens with one attached hydrogen (secondary N) is 1. The molecule has 0 saturated carbocycles. The van der Waals surface area contributed by atoms with Crippen molar-refractivity contribution >= 4 is 11.5 Å². The molecule has 0 saturated heterocycles. The second kappa shape index (κ2) is 4.98. The Balaban J connectivity index is 2.48. The maximum absolute atomic E-state index is 13.5. The largest absolute Gasteiger partial charge is 0.334 e.